The normalized spacial score (nSPS) is 35.6. The fourth-order valence-electron chi connectivity index (χ4n) is 3.15. The van der Waals surface area contributed by atoms with E-state index < -0.39 is 12.4 Å². The summed E-state index contributed by atoms with van der Waals surface area (Å²) in [6, 6.07) is 19.7. The minimum Gasteiger partial charge on any atom is -0.387 e. The molecule has 2 fully saturated rings. The Morgan fingerprint density at radius 2 is 1.46 bits per heavy atom. The molecule has 1 N–H and O–H groups in total. The van der Waals surface area contributed by atoms with E-state index in [1.165, 1.54) is 11.8 Å². The van der Waals surface area contributed by atoms with Crippen LogP contribution < -0.4 is 0 Å². The van der Waals surface area contributed by atoms with Crippen molar-refractivity contribution in [1.29, 1.82) is 0 Å². The number of benzene rings is 2. The molecule has 0 aromatic heterocycles. The fraction of sp³-hybridized carbons (Fsp3) is 0.368. The maximum absolute atomic E-state index is 10.7. The van der Waals surface area contributed by atoms with Gasteiger partial charge in [-0.25, -0.2) is 0 Å². The largest absolute Gasteiger partial charge is 0.387 e. The molecular weight excluding hydrogens is 324 g/mol. The second kappa shape index (κ2) is 6.86. The number of fused-ring (bicyclic) bond motifs is 1. The van der Waals surface area contributed by atoms with Crippen molar-refractivity contribution in [3.05, 3.63) is 66.2 Å². The average molecular weight is 344 g/mol. The molecule has 0 radical (unpaired) electrons. The highest BCUT2D eigenvalue weighted by atomic mass is 32.2. The van der Waals surface area contributed by atoms with Crippen LogP contribution in [-0.2, 0) is 14.2 Å². The minimum absolute atomic E-state index is 0.145. The van der Waals surface area contributed by atoms with E-state index in [9.17, 15) is 5.11 Å². The number of hydrogen-bond donors (Lipinski definition) is 1. The van der Waals surface area contributed by atoms with E-state index in [0.717, 1.165) is 10.5 Å². The summed E-state index contributed by atoms with van der Waals surface area (Å²) in [5.41, 5.74) is 0.584. The molecule has 0 aliphatic carbocycles. The van der Waals surface area contributed by atoms with Crippen molar-refractivity contribution in [3.63, 3.8) is 0 Å². The number of thioether (sulfide) groups is 1. The van der Waals surface area contributed by atoms with Crippen molar-refractivity contribution in [1.82, 2.24) is 0 Å². The van der Waals surface area contributed by atoms with E-state index in [1.54, 1.807) is 0 Å². The summed E-state index contributed by atoms with van der Waals surface area (Å²) in [5.74, 6) is 0. The van der Waals surface area contributed by atoms with Gasteiger partial charge in [0.25, 0.3) is 0 Å². The lowest BCUT2D eigenvalue weighted by Gasteiger charge is -2.38. The Labute approximate surface area is 145 Å². The van der Waals surface area contributed by atoms with Crippen molar-refractivity contribution in [3.8, 4) is 0 Å². The number of ether oxygens (including phenoxy) is 3. The van der Waals surface area contributed by atoms with Gasteiger partial charge in [-0.3, -0.25) is 0 Å². The van der Waals surface area contributed by atoms with Gasteiger partial charge < -0.3 is 19.3 Å². The molecule has 2 saturated heterocycles. The molecule has 4 nitrogen and oxygen atoms in total. The van der Waals surface area contributed by atoms with Gasteiger partial charge in [-0.05, 0) is 19.1 Å². The zero-order chi connectivity index (χ0) is 16.5. The van der Waals surface area contributed by atoms with Gasteiger partial charge in [0.05, 0.1) is 6.10 Å². The average Bonchev–Trinajstić information content (AvgIpc) is 3.07. The van der Waals surface area contributed by atoms with Gasteiger partial charge in [0.15, 0.2) is 6.29 Å². The molecule has 2 aliphatic rings. The quantitative estimate of drug-likeness (QED) is 0.925. The van der Waals surface area contributed by atoms with Crippen molar-refractivity contribution in [2.75, 3.05) is 0 Å². The molecule has 2 aromatic carbocycles. The summed E-state index contributed by atoms with van der Waals surface area (Å²) in [5, 5.41) is 10.7. The predicted molar refractivity (Wildman–Crippen MR) is 91.6 cm³/mol. The molecule has 0 spiro atoms. The van der Waals surface area contributed by atoms with E-state index in [-0.39, 0.29) is 23.7 Å². The van der Waals surface area contributed by atoms with Gasteiger partial charge >= 0.3 is 0 Å². The van der Waals surface area contributed by atoms with Crippen LogP contribution in [0.4, 0.5) is 0 Å². The maximum atomic E-state index is 10.7. The molecule has 0 saturated carbocycles. The SMILES string of the molecule is CC1O[C@@H](Sc2ccccc2)C(O)[C@@H]2OC(c3ccccc3)O[C@@H]12. The molecule has 4 rings (SSSR count). The molecule has 3 unspecified atom stereocenters. The Morgan fingerprint density at radius 1 is 0.833 bits per heavy atom. The van der Waals surface area contributed by atoms with Crippen LogP contribution >= 0.6 is 11.8 Å². The summed E-state index contributed by atoms with van der Waals surface area (Å²) in [4.78, 5) is 1.06. The molecule has 2 aromatic rings. The second-order valence-electron chi connectivity index (χ2n) is 6.08. The third-order valence-corrected chi connectivity index (χ3v) is 5.55. The first-order chi connectivity index (χ1) is 11.7. The highest BCUT2D eigenvalue weighted by Crippen LogP contribution is 2.42. The van der Waals surface area contributed by atoms with Gasteiger partial charge in [-0.15, -0.1) is 0 Å². The van der Waals surface area contributed by atoms with E-state index in [1.807, 2.05) is 67.6 Å². The Bertz CT molecular complexity index is 666. The zero-order valence-corrected chi connectivity index (χ0v) is 14.1. The van der Waals surface area contributed by atoms with E-state index in [4.69, 9.17) is 14.2 Å². The van der Waals surface area contributed by atoms with Crippen molar-refractivity contribution in [2.24, 2.45) is 0 Å². The zero-order valence-electron chi connectivity index (χ0n) is 13.3. The number of hydrogen-bond acceptors (Lipinski definition) is 5. The van der Waals surface area contributed by atoms with Gasteiger partial charge in [0.2, 0.25) is 0 Å². The van der Waals surface area contributed by atoms with Crippen LogP contribution in [-0.4, -0.2) is 35.0 Å². The standard InChI is InChI=1S/C19H20O4S/c1-12-16-17(23-18(22-16)13-8-4-2-5-9-13)15(20)19(21-12)24-14-10-6-3-7-11-14/h2-12,15-20H,1H3/t12?,15?,16-,17-,18?,19-/m0/s1. The monoisotopic (exact) mass is 344 g/mol. The fourth-order valence-corrected chi connectivity index (χ4v) is 4.25. The maximum Gasteiger partial charge on any atom is 0.184 e. The smallest absolute Gasteiger partial charge is 0.184 e. The first-order valence-corrected chi connectivity index (χ1v) is 9.01. The molecule has 2 heterocycles. The Hall–Kier alpha value is -1.37. The minimum atomic E-state index is -0.745. The third kappa shape index (κ3) is 3.10. The third-order valence-electron chi connectivity index (χ3n) is 4.38. The van der Waals surface area contributed by atoms with Crippen LogP contribution in [0.15, 0.2) is 65.6 Å². The second-order valence-corrected chi connectivity index (χ2v) is 7.25. The highest BCUT2D eigenvalue weighted by Gasteiger charge is 2.51. The molecule has 6 atom stereocenters. The summed E-state index contributed by atoms with van der Waals surface area (Å²) >= 11 is 1.51. The van der Waals surface area contributed by atoms with Crippen molar-refractivity contribution >= 4 is 11.8 Å². The van der Waals surface area contributed by atoms with Crippen LogP contribution in [0, 0.1) is 0 Å². The predicted octanol–water partition coefficient (Wildman–Crippen LogP) is 3.37. The van der Waals surface area contributed by atoms with Crippen LogP contribution in [0.25, 0.3) is 0 Å². The lowest BCUT2D eigenvalue weighted by molar-refractivity contribution is -0.150. The first kappa shape index (κ1) is 16.1. The molecule has 24 heavy (non-hydrogen) atoms. The summed E-state index contributed by atoms with van der Waals surface area (Å²) in [6.45, 7) is 1.97. The molecule has 5 heteroatoms. The van der Waals surface area contributed by atoms with Crippen LogP contribution in [0.1, 0.15) is 18.8 Å². The highest BCUT2D eigenvalue weighted by molar-refractivity contribution is 7.99. The lowest BCUT2D eigenvalue weighted by Crippen LogP contribution is -2.54. The first-order valence-electron chi connectivity index (χ1n) is 8.13. The van der Waals surface area contributed by atoms with E-state index >= 15 is 0 Å². The number of aliphatic hydroxyl groups excluding tert-OH is 1. The van der Waals surface area contributed by atoms with Crippen LogP contribution in [0.5, 0.6) is 0 Å². The Morgan fingerprint density at radius 3 is 2.17 bits per heavy atom. The van der Waals surface area contributed by atoms with Gasteiger partial charge in [-0.1, -0.05) is 60.3 Å². The number of aliphatic hydroxyl groups is 1. The van der Waals surface area contributed by atoms with Crippen molar-refractivity contribution < 1.29 is 19.3 Å². The van der Waals surface area contributed by atoms with Gasteiger partial charge in [-0.2, -0.15) is 0 Å². The molecule has 0 amide bonds. The molecular formula is C19H20O4S. The van der Waals surface area contributed by atoms with E-state index in [2.05, 4.69) is 0 Å². The topological polar surface area (TPSA) is 47.9 Å². The lowest BCUT2D eigenvalue weighted by atomic mass is 10.0. The summed E-state index contributed by atoms with van der Waals surface area (Å²) in [7, 11) is 0. The Kier molecular flexibility index (Phi) is 4.61. The summed E-state index contributed by atoms with van der Waals surface area (Å²) < 4.78 is 18.1. The van der Waals surface area contributed by atoms with Crippen LogP contribution in [0.2, 0.25) is 0 Å². The van der Waals surface area contributed by atoms with Crippen molar-refractivity contribution in [2.45, 2.75) is 48.0 Å². The molecule has 2 aliphatic heterocycles. The summed E-state index contributed by atoms with van der Waals surface area (Å²) in [6.07, 6.45) is -2.00. The van der Waals surface area contributed by atoms with E-state index in [0.29, 0.717) is 0 Å². The number of rotatable bonds is 3. The van der Waals surface area contributed by atoms with Gasteiger partial charge in [0, 0.05) is 10.5 Å². The van der Waals surface area contributed by atoms with Gasteiger partial charge in [0.1, 0.15) is 23.7 Å². The van der Waals surface area contributed by atoms with Crippen LogP contribution in [0.3, 0.4) is 0 Å². The molecule has 126 valence electrons. The molecule has 0 bridgehead atoms. The Balaban J connectivity index is 1.50.